The Morgan fingerprint density at radius 1 is 1.17 bits per heavy atom. The van der Waals surface area contributed by atoms with Crippen LogP contribution in [0.4, 0.5) is 4.79 Å². The highest BCUT2D eigenvalue weighted by Crippen LogP contribution is 2.68. The molecule has 1 spiro atoms. The lowest BCUT2D eigenvalue weighted by Gasteiger charge is -2.37. The Bertz CT molecular complexity index is 812. The predicted octanol–water partition coefficient (Wildman–Crippen LogP) is -2.22. The molecule has 0 aromatic carbocycles. The molecule has 11 heteroatoms. The van der Waals surface area contributed by atoms with Crippen LogP contribution in [0.3, 0.4) is 0 Å². The highest BCUT2D eigenvalue weighted by atomic mass is 16.7. The van der Waals surface area contributed by atoms with Crippen molar-refractivity contribution < 1.29 is 44.3 Å². The normalized spacial score (nSPS) is 46.0. The van der Waals surface area contributed by atoms with E-state index in [0.29, 0.717) is 19.4 Å². The van der Waals surface area contributed by atoms with Crippen molar-refractivity contribution in [2.45, 2.75) is 55.9 Å². The molecule has 0 aromatic heterocycles. The molecule has 2 saturated carbocycles. The molecule has 11 nitrogen and oxygen atoms in total. The van der Waals surface area contributed by atoms with Gasteiger partial charge < -0.3 is 34.8 Å². The Morgan fingerprint density at radius 2 is 1.83 bits per heavy atom. The predicted molar refractivity (Wildman–Crippen MR) is 95.4 cm³/mol. The Morgan fingerprint density at radius 3 is 2.43 bits per heavy atom. The zero-order chi connectivity index (χ0) is 21.6. The topological polar surface area (TPSA) is 157 Å². The minimum atomic E-state index is -1.83. The van der Waals surface area contributed by atoms with E-state index in [4.69, 9.17) is 9.47 Å². The van der Waals surface area contributed by atoms with Crippen LogP contribution >= 0.6 is 0 Å². The molecule has 3 heterocycles. The van der Waals surface area contributed by atoms with E-state index in [0.717, 1.165) is 0 Å². The number of aliphatic hydroxyl groups excluding tert-OH is 2. The maximum absolute atomic E-state index is 12.6. The van der Waals surface area contributed by atoms with Gasteiger partial charge in [0.05, 0.1) is 17.4 Å². The summed E-state index contributed by atoms with van der Waals surface area (Å²) in [7, 11) is 0. The second kappa shape index (κ2) is 6.13. The van der Waals surface area contributed by atoms with E-state index in [-0.39, 0.29) is 31.3 Å². The molecular weight excluding hydrogens is 400 g/mol. The van der Waals surface area contributed by atoms with Crippen LogP contribution in [0.5, 0.6) is 0 Å². The lowest BCUT2D eigenvalue weighted by atomic mass is 9.77. The smallest absolute Gasteiger partial charge is 0.409 e. The van der Waals surface area contributed by atoms with E-state index < -0.39 is 59.7 Å². The number of nitrogens with zero attached hydrogens (tertiary/aromatic N) is 2. The van der Waals surface area contributed by atoms with Gasteiger partial charge in [-0.05, 0) is 19.8 Å². The first-order valence-corrected chi connectivity index (χ1v) is 10.4. The average molecular weight is 426 g/mol. The molecule has 3 aliphatic heterocycles. The average Bonchev–Trinajstić information content (AvgIpc) is 3.43. The van der Waals surface area contributed by atoms with Crippen molar-refractivity contribution in [2.24, 2.45) is 17.3 Å². The second-order valence-corrected chi connectivity index (χ2v) is 9.15. The van der Waals surface area contributed by atoms with E-state index >= 15 is 0 Å². The first-order chi connectivity index (χ1) is 14.1. The second-order valence-electron chi connectivity index (χ2n) is 9.15. The monoisotopic (exact) mass is 426 g/mol. The number of ether oxygens (including phenoxy) is 2. The van der Waals surface area contributed by atoms with E-state index in [2.05, 4.69) is 0 Å². The summed E-state index contributed by atoms with van der Waals surface area (Å²) in [5.74, 6) is -3.67. The van der Waals surface area contributed by atoms with Gasteiger partial charge in [0.15, 0.2) is 5.79 Å². The number of aliphatic hydroxyl groups is 4. The number of piperidine rings is 1. The van der Waals surface area contributed by atoms with Crippen LogP contribution in [0.2, 0.25) is 0 Å². The minimum absolute atomic E-state index is 0.160. The summed E-state index contributed by atoms with van der Waals surface area (Å²) in [5.41, 5.74) is -2.42. The first kappa shape index (κ1) is 20.1. The number of hydrogen-bond acceptors (Lipinski definition) is 9. The van der Waals surface area contributed by atoms with Crippen LogP contribution in [0.15, 0.2) is 0 Å². The number of likely N-dealkylation sites (tertiary alicyclic amines) is 2. The third-order valence-corrected chi connectivity index (χ3v) is 7.75. The van der Waals surface area contributed by atoms with Gasteiger partial charge >= 0.3 is 6.09 Å². The summed E-state index contributed by atoms with van der Waals surface area (Å²) in [4.78, 5) is 39.8. The van der Waals surface area contributed by atoms with Crippen molar-refractivity contribution in [2.75, 3.05) is 26.2 Å². The molecule has 166 valence electrons. The van der Waals surface area contributed by atoms with Gasteiger partial charge in [-0.15, -0.1) is 0 Å². The lowest BCUT2D eigenvalue weighted by molar-refractivity contribution is -0.241. The van der Waals surface area contributed by atoms with Crippen LogP contribution in [-0.2, 0) is 19.1 Å². The Kier molecular flexibility index (Phi) is 4.12. The van der Waals surface area contributed by atoms with Crippen molar-refractivity contribution >= 4 is 17.9 Å². The third-order valence-electron chi connectivity index (χ3n) is 7.75. The van der Waals surface area contributed by atoms with Gasteiger partial charge in [0.25, 0.3) is 0 Å². The molecule has 7 unspecified atom stereocenters. The summed E-state index contributed by atoms with van der Waals surface area (Å²) < 4.78 is 10.6. The van der Waals surface area contributed by atoms with E-state index in [1.807, 2.05) is 0 Å². The summed E-state index contributed by atoms with van der Waals surface area (Å²) in [6.07, 6.45) is -3.31. The zero-order valence-electron chi connectivity index (χ0n) is 16.6. The number of hydrogen-bond donors (Lipinski definition) is 4. The van der Waals surface area contributed by atoms with Crippen LogP contribution in [0, 0.1) is 17.3 Å². The van der Waals surface area contributed by atoms with Gasteiger partial charge in [-0.25, -0.2) is 4.79 Å². The fourth-order valence-electron chi connectivity index (χ4n) is 5.67. The number of carbonyl (C=O) groups excluding carboxylic acids is 3. The molecule has 30 heavy (non-hydrogen) atoms. The Labute approximate surface area is 172 Å². The highest BCUT2D eigenvalue weighted by molar-refractivity contribution is 6.06. The summed E-state index contributed by atoms with van der Waals surface area (Å²) in [6, 6.07) is 0. The molecule has 2 aliphatic carbocycles. The standard InChI is InChI=1S/C19H26N2O9/c1-2-21-10(22)7-17(15(21)25)3-5-20(6-4-17)16(26)29-8-9-18(27)11(13(18)23)12-14(24)19(12,28)30-9/h9,11-14,23-24,27-28H,2-8H2,1H3. The SMILES string of the molecule is CCN1C(=O)CC2(CCN(C(=O)OCC3OC4(O)C(O)C4C4C(O)C34O)CC2)C1=O. The number of fused-ring (bicyclic) bond motifs is 3. The quantitative estimate of drug-likeness (QED) is 0.367. The number of rotatable bonds is 3. The van der Waals surface area contributed by atoms with Crippen molar-refractivity contribution in [3.63, 3.8) is 0 Å². The van der Waals surface area contributed by atoms with Crippen LogP contribution in [0.25, 0.3) is 0 Å². The molecule has 3 amide bonds. The van der Waals surface area contributed by atoms with E-state index in [1.165, 1.54) is 9.80 Å². The van der Waals surface area contributed by atoms with Crippen molar-refractivity contribution in [1.82, 2.24) is 9.80 Å². The number of imide groups is 1. The maximum atomic E-state index is 12.6. The zero-order valence-corrected chi connectivity index (χ0v) is 16.6. The molecule has 0 radical (unpaired) electrons. The van der Waals surface area contributed by atoms with Gasteiger partial charge in [0, 0.05) is 32.0 Å². The third kappa shape index (κ3) is 2.41. The van der Waals surface area contributed by atoms with Gasteiger partial charge in [0.2, 0.25) is 11.8 Å². The molecule has 4 N–H and O–H groups in total. The van der Waals surface area contributed by atoms with Crippen molar-refractivity contribution in [1.29, 1.82) is 0 Å². The molecule has 3 saturated heterocycles. The van der Waals surface area contributed by atoms with Crippen LogP contribution in [-0.4, -0.2) is 104 Å². The molecule has 7 atom stereocenters. The van der Waals surface area contributed by atoms with E-state index in [9.17, 15) is 34.8 Å². The number of amides is 3. The molecular formula is C19H26N2O9. The van der Waals surface area contributed by atoms with Crippen LogP contribution < -0.4 is 0 Å². The Balaban J connectivity index is 1.17. The molecule has 5 rings (SSSR count). The maximum Gasteiger partial charge on any atom is 0.409 e. The summed E-state index contributed by atoms with van der Waals surface area (Å²) >= 11 is 0. The molecule has 0 bridgehead atoms. The van der Waals surface area contributed by atoms with Gasteiger partial charge in [-0.1, -0.05) is 0 Å². The van der Waals surface area contributed by atoms with Crippen LogP contribution in [0.1, 0.15) is 26.2 Å². The van der Waals surface area contributed by atoms with Crippen molar-refractivity contribution in [3.05, 3.63) is 0 Å². The highest BCUT2D eigenvalue weighted by Gasteiger charge is 2.87. The fourth-order valence-corrected chi connectivity index (χ4v) is 5.67. The lowest BCUT2D eigenvalue weighted by Crippen LogP contribution is -2.49. The molecule has 5 aliphatic rings. The minimum Gasteiger partial charge on any atom is -0.447 e. The van der Waals surface area contributed by atoms with Gasteiger partial charge in [-0.2, -0.15) is 0 Å². The largest absolute Gasteiger partial charge is 0.447 e. The van der Waals surface area contributed by atoms with E-state index in [1.54, 1.807) is 6.92 Å². The summed E-state index contributed by atoms with van der Waals surface area (Å²) in [5, 5.41) is 40.7. The fraction of sp³-hybridized carbons (Fsp3) is 0.842. The molecule has 5 fully saturated rings. The Hall–Kier alpha value is -1.79. The number of carbonyl (C=O) groups is 3. The first-order valence-electron chi connectivity index (χ1n) is 10.4. The van der Waals surface area contributed by atoms with Crippen molar-refractivity contribution in [3.8, 4) is 0 Å². The summed E-state index contributed by atoms with van der Waals surface area (Å²) in [6.45, 7) is 2.20. The van der Waals surface area contributed by atoms with Gasteiger partial charge in [0.1, 0.15) is 24.4 Å². The molecule has 0 aromatic rings. The van der Waals surface area contributed by atoms with Gasteiger partial charge in [-0.3, -0.25) is 14.5 Å².